The van der Waals surface area contributed by atoms with Gasteiger partial charge in [-0.2, -0.15) is 5.10 Å². The van der Waals surface area contributed by atoms with Crippen LogP contribution in [0.1, 0.15) is 37.9 Å². The highest BCUT2D eigenvalue weighted by atomic mass is 35.5. The van der Waals surface area contributed by atoms with Crippen LogP contribution >= 0.6 is 12.4 Å². The minimum absolute atomic E-state index is 0. The van der Waals surface area contributed by atoms with E-state index in [1.54, 1.807) is 6.33 Å². The predicted molar refractivity (Wildman–Crippen MR) is 94.0 cm³/mol. The molecule has 3 aliphatic rings. The van der Waals surface area contributed by atoms with Gasteiger partial charge in [-0.3, -0.25) is 4.79 Å². The van der Waals surface area contributed by atoms with E-state index in [4.69, 9.17) is 0 Å². The van der Waals surface area contributed by atoms with Gasteiger partial charge >= 0.3 is 0 Å². The zero-order valence-electron chi connectivity index (χ0n) is 14.2. The number of halogens is 1. The van der Waals surface area contributed by atoms with Crippen LogP contribution in [0.3, 0.4) is 0 Å². The van der Waals surface area contributed by atoms with E-state index in [-0.39, 0.29) is 18.3 Å². The molecule has 1 aromatic rings. The molecule has 1 N–H and O–H groups in total. The topological polar surface area (TPSA) is 63.1 Å². The van der Waals surface area contributed by atoms with Crippen molar-refractivity contribution in [2.75, 3.05) is 26.2 Å². The van der Waals surface area contributed by atoms with Gasteiger partial charge in [0.15, 0.2) is 0 Å². The molecule has 24 heavy (non-hydrogen) atoms. The molecule has 1 amide bonds. The lowest BCUT2D eigenvalue weighted by Gasteiger charge is -2.39. The van der Waals surface area contributed by atoms with Crippen LogP contribution in [0.4, 0.5) is 0 Å². The number of rotatable bonds is 2. The summed E-state index contributed by atoms with van der Waals surface area (Å²) in [7, 11) is 0. The Labute approximate surface area is 149 Å². The minimum Gasteiger partial charge on any atom is -0.342 e. The summed E-state index contributed by atoms with van der Waals surface area (Å²) in [6, 6.07) is 0. The molecule has 0 aromatic carbocycles. The molecule has 2 saturated heterocycles. The monoisotopic (exact) mass is 353 g/mol. The van der Waals surface area contributed by atoms with E-state index >= 15 is 0 Å². The average Bonchev–Trinajstić information content (AvgIpc) is 3.10. The Balaban J connectivity index is 0.00000169. The molecule has 0 aliphatic carbocycles. The summed E-state index contributed by atoms with van der Waals surface area (Å²) < 4.78 is 1.91. The number of carbonyl (C=O) groups excluding carboxylic acids is 1. The molecule has 0 spiro atoms. The third kappa shape index (κ3) is 3.59. The summed E-state index contributed by atoms with van der Waals surface area (Å²) in [6.45, 7) is 4.96. The standard InChI is InChI=1S/C17H27N5O.ClH/c23-17(15-1-2-16-19-12-20-22(16)11-15)21-9-5-14(6-10-21)13-3-7-18-8-4-13;/h12-15,18H,1-11H2;1H. The normalized spacial score (nSPS) is 25.8. The van der Waals surface area contributed by atoms with Crippen molar-refractivity contribution in [2.24, 2.45) is 17.8 Å². The lowest BCUT2D eigenvalue weighted by molar-refractivity contribution is -0.138. The highest BCUT2D eigenvalue weighted by Crippen LogP contribution is 2.31. The maximum absolute atomic E-state index is 12.8. The zero-order valence-corrected chi connectivity index (χ0v) is 15.0. The number of hydrogen-bond donors (Lipinski definition) is 1. The van der Waals surface area contributed by atoms with E-state index in [1.165, 1.54) is 38.8 Å². The van der Waals surface area contributed by atoms with E-state index in [0.29, 0.717) is 12.5 Å². The maximum atomic E-state index is 12.8. The molecular weight excluding hydrogens is 326 g/mol. The van der Waals surface area contributed by atoms with Crippen molar-refractivity contribution >= 4 is 18.3 Å². The Morgan fingerprint density at radius 1 is 1.08 bits per heavy atom. The van der Waals surface area contributed by atoms with Crippen LogP contribution < -0.4 is 5.32 Å². The first-order chi connectivity index (χ1) is 11.3. The SMILES string of the molecule is Cl.O=C(C1CCc2ncnn2C1)N1CCC(C2CCNCC2)CC1. The molecule has 1 aromatic heterocycles. The summed E-state index contributed by atoms with van der Waals surface area (Å²) in [4.78, 5) is 19.2. The number of nitrogens with zero attached hydrogens (tertiary/aromatic N) is 4. The van der Waals surface area contributed by atoms with Gasteiger partial charge in [0, 0.05) is 19.5 Å². The second-order valence-corrected chi connectivity index (χ2v) is 7.34. The van der Waals surface area contributed by atoms with Crippen molar-refractivity contribution in [1.82, 2.24) is 25.0 Å². The first-order valence-electron chi connectivity index (χ1n) is 9.17. The molecule has 2 fully saturated rings. The Bertz CT molecular complexity index is 549. The van der Waals surface area contributed by atoms with E-state index in [2.05, 4.69) is 20.3 Å². The summed E-state index contributed by atoms with van der Waals surface area (Å²) in [5, 5.41) is 7.69. The fraction of sp³-hybridized carbons (Fsp3) is 0.824. The average molecular weight is 354 g/mol. The lowest BCUT2D eigenvalue weighted by Crippen LogP contribution is -2.45. The third-order valence-corrected chi connectivity index (χ3v) is 6.06. The molecule has 4 heterocycles. The minimum atomic E-state index is 0. The van der Waals surface area contributed by atoms with Crippen molar-refractivity contribution in [1.29, 1.82) is 0 Å². The summed E-state index contributed by atoms with van der Waals surface area (Å²) in [6.07, 6.45) is 8.42. The number of amides is 1. The molecule has 1 unspecified atom stereocenters. The number of likely N-dealkylation sites (tertiary alicyclic amines) is 1. The van der Waals surface area contributed by atoms with Crippen molar-refractivity contribution in [2.45, 2.75) is 45.1 Å². The van der Waals surface area contributed by atoms with E-state index < -0.39 is 0 Å². The number of fused-ring (bicyclic) bond motifs is 1. The number of aryl methyl sites for hydroxylation is 1. The number of aromatic nitrogens is 3. The van der Waals surface area contributed by atoms with Crippen LogP contribution in [0.5, 0.6) is 0 Å². The Hall–Kier alpha value is -1.14. The second-order valence-electron chi connectivity index (χ2n) is 7.34. The lowest BCUT2D eigenvalue weighted by atomic mass is 9.79. The Kier molecular flexibility index (Phi) is 5.76. The third-order valence-electron chi connectivity index (χ3n) is 6.06. The van der Waals surface area contributed by atoms with Crippen molar-refractivity contribution in [3.8, 4) is 0 Å². The van der Waals surface area contributed by atoms with Gasteiger partial charge in [-0.1, -0.05) is 0 Å². The molecular formula is C17H28ClN5O. The smallest absolute Gasteiger partial charge is 0.227 e. The van der Waals surface area contributed by atoms with Gasteiger partial charge in [0.25, 0.3) is 0 Å². The Morgan fingerprint density at radius 3 is 2.54 bits per heavy atom. The zero-order chi connectivity index (χ0) is 15.6. The van der Waals surface area contributed by atoms with Crippen molar-refractivity contribution in [3.05, 3.63) is 12.2 Å². The highest BCUT2D eigenvalue weighted by Gasteiger charge is 2.33. The van der Waals surface area contributed by atoms with Crippen molar-refractivity contribution in [3.63, 3.8) is 0 Å². The molecule has 6 nitrogen and oxygen atoms in total. The number of piperidine rings is 2. The quantitative estimate of drug-likeness (QED) is 0.875. The highest BCUT2D eigenvalue weighted by molar-refractivity contribution is 5.85. The van der Waals surface area contributed by atoms with Gasteiger partial charge in [0.1, 0.15) is 12.2 Å². The van der Waals surface area contributed by atoms with Crippen LogP contribution in [-0.4, -0.2) is 51.8 Å². The number of hydrogen-bond acceptors (Lipinski definition) is 4. The first-order valence-corrected chi connectivity index (χ1v) is 9.17. The van der Waals surface area contributed by atoms with Crippen molar-refractivity contribution < 1.29 is 4.79 Å². The molecule has 4 rings (SSSR count). The Morgan fingerprint density at radius 2 is 1.79 bits per heavy atom. The molecule has 0 radical (unpaired) electrons. The van der Waals surface area contributed by atoms with E-state index in [9.17, 15) is 4.79 Å². The van der Waals surface area contributed by atoms with Gasteiger partial charge in [-0.15, -0.1) is 12.4 Å². The van der Waals surface area contributed by atoms with Crippen LogP contribution in [0.25, 0.3) is 0 Å². The van der Waals surface area contributed by atoms with Gasteiger partial charge in [-0.25, -0.2) is 9.67 Å². The predicted octanol–water partition coefficient (Wildman–Crippen LogP) is 1.50. The van der Waals surface area contributed by atoms with Gasteiger partial charge < -0.3 is 10.2 Å². The molecule has 3 aliphatic heterocycles. The molecule has 0 bridgehead atoms. The summed E-state index contributed by atoms with van der Waals surface area (Å²) in [5.41, 5.74) is 0. The summed E-state index contributed by atoms with van der Waals surface area (Å²) >= 11 is 0. The van der Waals surface area contributed by atoms with Gasteiger partial charge in [0.2, 0.25) is 5.91 Å². The fourth-order valence-corrected chi connectivity index (χ4v) is 4.60. The maximum Gasteiger partial charge on any atom is 0.227 e. The van der Waals surface area contributed by atoms with Crippen LogP contribution in [0.2, 0.25) is 0 Å². The molecule has 7 heteroatoms. The van der Waals surface area contributed by atoms with Gasteiger partial charge in [0.05, 0.1) is 12.5 Å². The van der Waals surface area contributed by atoms with E-state index in [1.807, 2.05) is 4.68 Å². The van der Waals surface area contributed by atoms with Crippen LogP contribution in [-0.2, 0) is 17.8 Å². The largest absolute Gasteiger partial charge is 0.342 e. The number of carbonyl (C=O) groups is 1. The second kappa shape index (κ2) is 7.83. The summed E-state index contributed by atoms with van der Waals surface area (Å²) in [5.74, 6) is 3.17. The first kappa shape index (κ1) is 17.7. The molecule has 1 atom stereocenters. The van der Waals surface area contributed by atoms with Gasteiger partial charge in [-0.05, 0) is 57.0 Å². The molecule has 0 saturated carbocycles. The number of nitrogens with one attached hydrogen (secondary N) is 1. The van der Waals surface area contributed by atoms with Crippen LogP contribution in [0.15, 0.2) is 6.33 Å². The molecule has 134 valence electrons. The van der Waals surface area contributed by atoms with Crippen LogP contribution in [0, 0.1) is 17.8 Å². The fourth-order valence-electron chi connectivity index (χ4n) is 4.60. The van der Waals surface area contributed by atoms with E-state index in [0.717, 1.165) is 43.6 Å².